The lowest BCUT2D eigenvalue weighted by molar-refractivity contribution is 0.0896. The quantitative estimate of drug-likeness (QED) is 0.440. The third-order valence-corrected chi connectivity index (χ3v) is 4.10. The van der Waals surface area contributed by atoms with Crippen LogP contribution >= 0.6 is 0 Å². The minimum Gasteiger partial charge on any atom is -0.360 e. The van der Waals surface area contributed by atoms with E-state index in [4.69, 9.17) is 0 Å². The van der Waals surface area contributed by atoms with E-state index in [1.807, 2.05) is 48.5 Å². The number of hydrogen-bond acceptors (Lipinski definition) is 2. The lowest BCUT2D eigenvalue weighted by Gasteiger charge is -2.00. The molecule has 4 nitrogen and oxygen atoms in total. The molecule has 112 valence electrons. The van der Waals surface area contributed by atoms with Gasteiger partial charge in [-0.1, -0.05) is 36.4 Å². The SMILES string of the molecule is O=C(CC(=O)c1c[nH]c2ccccc12)c1c[nH]c2ccccc12. The van der Waals surface area contributed by atoms with Crippen LogP contribution in [0.2, 0.25) is 0 Å². The molecule has 4 aromatic rings. The van der Waals surface area contributed by atoms with Gasteiger partial charge in [-0.25, -0.2) is 0 Å². The van der Waals surface area contributed by atoms with Crippen molar-refractivity contribution >= 4 is 33.4 Å². The summed E-state index contributed by atoms with van der Waals surface area (Å²) in [6.45, 7) is 0. The first-order valence-electron chi connectivity index (χ1n) is 7.42. The van der Waals surface area contributed by atoms with Crippen molar-refractivity contribution < 1.29 is 9.59 Å². The number of carbonyl (C=O) groups excluding carboxylic acids is 2. The molecular weight excluding hydrogens is 288 g/mol. The highest BCUT2D eigenvalue weighted by Gasteiger charge is 2.19. The number of rotatable bonds is 4. The fraction of sp³-hybridized carbons (Fsp3) is 0.0526. The molecule has 2 N–H and O–H groups in total. The number of benzene rings is 2. The number of nitrogens with one attached hydrogen (secondary N) is 2. The Balaban J connectivity index is 1.65. The van der Waals surface area contributed by atoms with Crippen molar-refractivity contribution in [3.63, 3.8) is 0 Å². The molecule has 0 aliphatic carbocycles. The van der Waals surface area contributed by atoms with Crippen LogP contribution in [0.15, 0.2) is 60.9 Å². The summed E-state index contributed by atoms with van der Waals surface area (Å²) in [5.74, 6) is -0.338. The Morgan fingerprint density at radius 3 is 1.61 bits per heavy atom. The van der Waals surface area contributed by atoms with E-state index in [-0.39, 0.29) is 18.0 Å². The predicted octanol–water partition coefficient (Wildman–Crippen LogP) is 4.10. The van der Waals surface area contributed by atoms with Gasteiger partial charge in [0.05, 0.1) is 6.42 Å². The van der Waals surface area contributed by atoms with Gasteiger partial charge in [-0.05, 0) is 12.1 Å². The highest BCUT2D eigenvalue weighted by Crippen LogP contribution is 2.22. The van der Waals surface area contributed by atoms with Gasteiger partial charge in [-0.3, -0.25) is 9.59 Å². The first-order chi connectivity index (χ1) is 11.2. The molecule has 2 aromatic carbocycles. The zero-order chi connectivity index (χ0) is 15.8. The van der Waals surface area contributed by atoms with E-state index >= 15 is 0 Å². The van der Waals surface area contributed by atoms with Gasteiger partial charge in [0.1, 0.15) is 0 Å². The van der Waals surface area contributed by atoms with Crippen LogP contribution in [0.1, 0.15) is 27.1 Å². The van der Waals surface area contributed by atoms with Gasteiger partial charge in [0.2, 0.25) is 0 Å². The van der Waals surface area contributed by atoms with Crippen LogP contribution in [0, 0.1) is 0 Å². The molecule has 0 aliphatic rings. The average Bonchev–Trinajstić information content (AvgIpc) is 3.19. The standard InChI is InChI=1S/C19H14N2O2/c22-18(14-10-20-16-7-3-1-5-12(14)16)9-19(23)15-11-21-17-8-4-2-6-13(15)17/h1-8,10-11,20-21H,9H2. The lowest BCUT2D eigenvalue weighted by Crippen LogP contribution is -2.07. The van der Waals surface area contributed by atoms with Gasteiger partial charge in [-0.2, -0.15) is 0 Å². The number of para-hydroxylation sites is 2. The van der Waals surface area contributed by atoms with Crippen molar-refractivity contribution in [1.29, 1.82) is 0 Å². The van der Waals surface area contributed by atoms with Crippen LogP contribution in [0.25, 0.3) is 21.8 Å². The van der Waals surface area contributed by atoms with Gasteiger partial charge in [-0.15, -0.1) is 0 Å². The topological polar surface area (TPSA) is 65.7 Å². The summed E-state index contributed by atoms with van der Waals surface area (Å²) < 4.78 is 0. The van der Waals surface area contributed by atoms with E-state index in [1.54, 1.807) is 12.4 Å². The smallest absolute Gasteiger partial charge is 0.172 e. The van der Waals surface area contributed by atoms with Crippen LogP contribution < -0.4 is 0 Å². The molecule has 0 spiro atoms. The third kappa shape index (κ3) is 2.25. The Kier molecular flexibility index (Phi) is 3.08. The first-order valence-corrected chi connectivity index (χ1v) is 7.42. The van der Waals surface area contributed by atoms with E-state index < -0.39 is 0 Å². The van der Waals surface area contributed by atoms with E-state index in [0.29, 0.717) is 11.1 Å². The van der Waals surface area contributed by atoms with Crippen LogP contribution in [0.5, 0.6) is 0 Å². The van der Waals surface area contributed by atoms with Gasteiger partial charge >= 0.3 is 0 Å². The summed E-state index contributed by atoms with van der Waals surface area (Å²) in [5.41, 5.74) is 2.92. The minimum atomic E-state index is -0.169. The number of Topliss-reactive ketones (excluding diaryl/α,β-unsaturated/α-hetero) is 2. The van der Waals surface area contributed by atoms with Crippen LogP contribution in [-0.4, -0.2) is 21.5 Å². The number of ketones is 2. The number of aromatic amines is 2. The van der Waals surface area contributed by atoms with Gasteiger partial charge in [0, 0.05) is 45.3 Å². The van der Waals surface area contributed by atoms with E-state index in [1.165, 1.54) is 0 Å². The molecule has 2 heterocycles. The van der Waals surface area contributed by atoms with Gasteiger partial charge in [0.25, 0.3) is 0 Å². The van der Waals surface area contributed by atoms with Crippen LogP contribution in [0.4, 0.5) is 0 Å². The molecule has 0 saturated carbocycles. The number of H-pyrrole nitrogens is 2. The number of fused-ring (bicyclic) bond motifs is 2. The molecule has 0 aliphatic heterocycles. The summed E-state index contributed by atoms with van der Waals surface area (Å²) in [6.07, 6.45) is 3.22. The Labute approximate surface area is 132 Å². The largest absolute Gasteiger partial charge is 0.360 e. The molecule has 0 unspecified atom stereocenters. The van der Waals surface area contributed by atoms with Crippen molar-refractivity contribution in [3.8, 4) is 0 Å². The Bertz CT molecular complexity index is 956. The van der Waals surface area contributed by atoms with Gasteiger partial charge < -0.3 is 9.97 Å². The van der Waals surface area contributed by atoms with Crippen molar-refractivity contribution in [2.75, 3.05) is 0 Å². The van der Waals surface area contributed by atoms with Crippen molar-refractivity contribution in [2.24, 2.45) is 0 Å². The zero-order valence-corrected chi connectivity index (χ0v) is 12.3. The molecular formula is C19H14N2O2. The minimum absolute atomic E-state index is 0.135. The molecule has 23 heavy (non-hydrogen) atoms. The fourth-order valence-electron chi connectivity index (χ4n) is 2.94. The van der Waals surface area contributed by atoms with E-state index in [9.17, 15) is 9.59 Å². The second-order valence-electron chi connectivity index (χ2n) is 5.52. The first kappa shape index (κ1) is 13.5. The number of carbonyl (C=O) groups is 2. The monoisotopic (exact) mass is 302 g/mol. The highest BCUT2D eigenvalue weighted by molar-refractivity contribution is 6.20. The predicted molar refractivity (Wildman–Crippen MR) is 89.9 cm³/mol. The second-order valence-corrected chi connectivity index (χ2v) is 5.52. The van der Waals surface area contributed by atoms with Crippen LogP contribution in [0.3, 0.4) is 0 Å². The Morgan fingerprint density at radius 2 is 1.13 bits per heavy atom. The molecule has 0 atom stereocenters. The molecule has 0 bridgehead atoms. The maximum Gasteiger partial charge on any atom is 0.172 e. The normalized spacial score (nSPS) is 11.1. The fourth-order valence-corrected chi connectivity index (χ4v) is 2.94. The maximum atomic E-state index is 12.5. The summed E-state index contributed by atoms with van der Waals surface area (Å²) in [6, 6.07) is 15.2. The molecule has 4 heteroatoms. The molecule has 4 rings (SSSR count). The Morgan fingerprint density at radius 1 is 0.696 bits per heavy atom. The van der Waals surface area contributed by atoms with Crippen molar-refractivity contribution in [3.05, 3.63) is 72.1 Å². The molecule has 0 fully saturated rings. The molecule has 0 radical (unpaired) electrons. The average molecular weight is 302 g/mol. The lowest BCUT2D eigenvalue weighted by atomic mass is 10.0. The highest BCUT2D eigenvalue weighted by atomic mass is 16.1. The molecule has 2 aromatic heterocycles. The maximum absolute atomic E-state index is 12.5. The van der Waals surface area contributed by atoms with Crippen LogP contribution in [-0.2, 0) is 0 Å². The van der Waals surface area contributed by atoms with Crippen molar-refractivity contribution in [1.82, 2.24) is 9.97 Å². The molecule has 0 amide bonds. The summed E-state index contributed by atoms with van der Waals surface area (Å²) >= 11 is 0. The summed E-state index contributed by atoms with van der Waals surface area (Å²) in [5, 5.41) is 1.70. The Hall–Kier alpha value is -3.14. The summed E-state index contributed by atoms with van der Waals surface area (Å²) in [4.78, 5) is 31.2. The van der Waals surface area contributed by atoms with E-state index in [0.717, 1.165) is 21.8 Å². The summed E-state index contributed by atoms with van der Waals surface area (Å²) in [7, 11) is 0. The van der Waals surface area contributed by atoms with Gasteiger partial charge in [0.15, 0.2) is 11.6 Å². The van der Waals surface area contributed by atoms with E-state index in [2.05, 4.69) is 9.97 Å². The van der Waals surface area contributed by atoms with Crippen molar-refractivity contribution in [2.45, 2.75) is 6.42 Å². The third-order valence-electron chi connectivity index (χ3n) is 4.10. The number of aromatic nitrogens is 2. The zero-order valence-electron chi connectivity index (χ0n) is 12.3. The molecule has 0 saturated heterocycles. The second kappa shape index (κ2) is 5.25. The number of hydrogen-bond donors (Lipinski definition) is 2.